The summed E-state index contributed by atoms with van der Waals surface area (Å²) in [4.78, 5) is 0. The molecule has 0 saturated heterocycles. The Morgan fingerprint density at radius 3 is 2.63 bits per heavy atom. The fraction of sp³-hybridized carbons (Fsp3) is 0.467. The molecule has 4 heteroatoms. The van der Waals surface area contributed by atoms with Crippen molar-refractivity contribution in [2.24, 2.45) is 5.92 Å². The zero-order valence-corrected chi connectivity index (χ0v) is 10.9. The van der Waals surface area contributed by atoms with Crippen LogP contribution < -0.4 is 9.47 Å². The molecule has 1 aliphatic rings. The Morgan fingerprint density at radius 2 is 1.95 bits per heavy atom. The van der Waals surface area contributed by atoms with Crippen molar-refractivity contribution in [2.75, 3.05) is 7.11 Å². The minimum Gasteiger partial charge on any atom is -0.493 e. The molecule has 0 heterocycles. The van der Waals surface area contributed by atoms with Gasteiger partial charge in [0, 0.05) is 6.07 Å². The number of nitrogens with zero attached hydrogens (tertiary/aromatic N) is 2. The molecule has 1 aromatic carbocycles. The third-order valence-corrected chi connectivity index (χ3v) is 3.44. The van der Waals surface area contributed by atoms with Crippen molar-refractivity contribution in [2.45, 2.75) is 31.8 Å². The molecular formula is C15H16N2O2. The monoisotopic (exact) mass is 256 g/mol. The van der Waals surface area contributed by atoms with Gasteiger partial charge in [0.25, 0.3) is 0 Å². The smallest absolute Gasteiger partial charge is 0.162 e. The highest BCUT2D eigenvalue weighted by Gasteiger charge is 2.27. The number of rotatable bonds is 3. The maximum atomic E-state index is 9.15. The van der Waals surface area contributed by atoms with Crippen LogP contribution in [0.2, 0.25) is 0 Å². The van der Waals surface area contributed by atoms with E-state index in [0.29, 0.717) is 17.1 Å². The fourth-order valence-electron chi connectivity index (χ4n) is 2.39. The van der Waals surface area contributed by atoms with E-state index in [-0.39, 0.29) is 12.0 Å². The molecule has 2 rings (SSSR count). The van der Waals surface area contributed by atoms with E-state index in [9.17, 15) is 0 Å². The van der Waals surface area contributed by atoms with E-state index in [2.05, 4.69) is 12.1 Å². The van der Waals surface area contributed by atoms with Gasteiger partial charge in [0.1, 0.15) is 6.10 Å². The quantitative estimate of drug-likeness (QED) is 0.833. The maximum Gasteiger partial charge on any atom is 0.162 e. The summed E-state index contributed by atoms with van der Waals surface area (Å²) in [5.74, 6) is 1.07. The van der Waals surface area contributed by atoms with E-state index in [1.54, 1.807) is 25.3 Å². The van der Waals surface area contributed by atoms with Gasteiger partial charge in [0.05, 0.1) is 30.7 Å². The molecule has 1 saturated carbocycles. The van der Waals surface area contributed by atoms with E-state index in [1.165, 1.54) is 0 Å². The van der Waals surface area contributed by atoms with Crippen molar-refractivity contribution in [3.05, 3.63) is 23.8 Å². The van der Waals surface area contributed by atoms with Crippen molar-refractivity contribution in [1.82, 2.24) is 0 Å². The Labute approximate surface area is 113 Å². The minimum atomic E-state index is -0.110. The van der Waals surface area contributed by atoms with E-state index in [0.717, 1.165) is 25.7 Å². The normalized spacial score (nSPS) is 22.1. The second kappa shape index (κ2) is 6.11. The van der Waals surface area contributed by atoms with Gasteiger partial charge >= 0.3 is 0 Å². The molecule has 1 aromatic rings. The highest BCUT2D eigenvalue weighted by molar-refractivity contribution is 5.46. The number of benzene rings is 1. The summed E-state index contributed by atoms with van der Waals surface area (Å²) in [6.45, 7) is 0. The van der Waals surface area contributed by atoms with Crippen molar-refractivity contribution >= 4 is 0 Å². The third kappa shape index (κ3) is 2.98. The van der Waals surface area contributed by atoms with Crippen molar-refractivity contribution in [1.29, 1.82) is 10.5 Å². The number of methoxy groups -OCH3 is 1. The molecule has 2 unspecified atom stereocenters. The van der Waals surface area contributed by atoms with Gasteiger partial charge in [-0.3, -0.25) is 0 Å². The molecule has 0 spiro atoms. The number of hydrogen-bond acceptors (Lipinski definition) is 4. The predicted molar refractivity (Wildman–Crippen MR) is 69.7 cm³/mol. The van der Waals surface area contributed by atoms with Crippen LogP contribution in [0.5, 0.6) is 11.5 Å². The zero-order chi connectivity index (χ0) is 13.7. The Hall–Kier alpha value is -2.20. The van der Waals surface area contributed by atoms with Crippen LogP contribution in [-0.2, 0) is 0 Å². The summed E-state index contributed by atoms with van der Waals surface area (Å²) < 4.78 is 11.2. The van der Waals surface area contributed by atoms with Gasteiger partial charge in [-0.25, -0.2) is 0 Å². The van der Waals surface area contributed by atoms with Crippen LogP contribution >= 0.6 is 0 Å². The second-order valence-corrected chi connectivity index (χ2v) is 4.65. The number of nitriles is 2. The lowest BCUT2D eigenvalue weighted by atomic mass is 9.87. The molecule has 98 valence electrons. The van der Waals surface area contributed by atoms with Crippen LogP contribution in [0.3, 0.4) is 0 Å². The van der Waals surface area contributed by atoms with Crippen LogP contribution in [0, 0.1) is 28.6 Å². The van der Waals surface area contributed by atoms with Crippen LogP contribution in [0.15, 0.2) is 18.2 Å². The highest BCUT2D eigenvalue weighted by Crippen LogP contribution is 2.33. The lowest BCUT2D eigenvalue weighted by Gasteiger charge is -2.28. The molecule has 0 amide bonds. The molecule has 19 heavy (non-hydrogen) atoms. The van der Waals surface area contributed by atoms with Gasteiger partial charge in [0.2, 0.25) is 0 Å². The second-order valence-electron chi connectivity index (χ2n) is 4.65. The molecule has 0 aliphatic heterocycles. The SMILES string of the molecule is COc1ccc(C#N)cc1OC1CCCCC1C#N. The lowest BCUT2D eigenvalue weighted by Crippen LogP contribution is -2.29. The van der Waals surface area contributed by atoms with Gasteiger partial charge in [-0.15, -0.1) is 0 Å². The molecule has 0 N–H and O–H groups in total. The van der Waals surface area contributed by atoms with Crippen LogP contribution in [-0.4, -0.2) is 13.2 Å². The van der Waals surface area contributed by atoms with Gasteiger partial charge in [-0.2, -0.15) is 10.5 Å². The van der Waals surface area contributed by atoms with Gasteiger partial charge in [-0.05, 0) is 31.4 Å². The molecular weight excluding hydrogens is 240 g/mol. The Kier molecular flexibility index (Phi) is 4.26. The summed E-state index contributed by atoms with van der Waals surface area (Å²) in [7, 11) is 1.57. The van der Waals surface area contributed by atoms with Crippen LogP contribution in [0.4, 0.5) is 0 Å². The molecule has 0 bridgehead atoms. The average molecular weight is 256 g/mol. The van der Waals surface area contributed by atoms with Crippen molar-refractivity contribution < 1.29 is 9.47 Å². The predicted octanol–water partition coefficient (Wildman–Crippen LogP) is 3.03. The van der Waals surface area contributed by atoms with Gasteiger partial charge in [0.15, 0.2) is 11.5 Å². The number of ether oxygens (including phenoxy) is 2. The molecule has 1 fully saturated rings. The van der Waals surface area contributed by atoms with E-state index < -0.39 is 0 Å². The van der Waals surface area contributed by atoms with E-state index >= 15 is 0 Å². The Balaban J connectivity index is 2.22. The first-order chi connectivity index (χ1) is 9.28. The summed E-state index contributed by atoms with van der Waals surface area (Å²) in [6.07, 6.45) is 3.79. The molecule has 0 radical (unpaired) electrons. The first-order valence-electron chi connectivity index (χ1n) is 6.43. The molecule has 0 aromatic heterocycles. The maximum absolute atomic E-state index is 9.15. The van der Waals surface area contributed by atoms with Crippen molar-refractivity contribution in [3.8, 4) is 23.6 Å². The minimum absolute atomic E-state index is 0.0794. The Bertz CT molecular complexity index is 528. The summed E-state index contributed by atoms with van der Waals surface area (Å²) in [5, 5.41) is 18.1. The standard InChI is InChI=1S/C15H16N2O2/c1-18-14-7-6-11(9-16)8-15(14)19-13-5-3-2-4-12(13)10-17/h6-8,12-13H,2-5H2,1H3. The fourth-order valence-corrected chi connectivity index (χ4v) is 2.39. The van der Waals surface area contributed by atoms with Crippen LogP contribution in [0.25, 0.3) is 0 Å². The Morgan fingerprint density at radius 1 is 1.16 bits per heavy atom. The van der Waals surface area contributed by atoms with E-state index in [4.69, 9.17) is 20.0 Å². The summed E-state index contributed by atoms with van der Waals surface area (Å²) in [5.41, 5.74) is 0.528. The zero-order valence-electron chi connectivity index (χ0n) is 10.9. The lowest BCUT2D eigenvalue weighted by molar-refractivity contribution is 0.116. The first-order valence-corrected chi connectivity index (χ1v) is 6.43. The van der Waals surface area contributed by atoms with E-state index in [1.807, 2.05) is 0 Å². The third-order valence-electron chi connectivity index (χ3n) is 3.44. The van der Waals surface area contributed by atoms with Crippen LogP contribution in [0.1, 0.15) is 31.2 Å². The summed E-state index contributed by atoms with van der Waals surface area (Å²) >= 11 is 0. The largest absolute Gasteiger partial charge is 0.493 e. The van der Waals surface area contributed by atoms with Crippen molar-refractivity contribution in [3.63, 3.8) is 0 Å². The molecule has 4 nitrogen and oxygen atoms in total. The first kappa shape index (κ1) is 13.2. The number of hydrogen-bond donors (Lipinski definition) is 0. The van der Waals surface area contributed by atoms with Gasteiger partial charge in [-0.1, -0.05) is 6.42 Å². The summed E-state index contributed by atoms with van der Waals surface area (Å²) in [6, 6.07) is 9.47. The highest BCUT2D eigenvalue weighted by atomic mass is 16.5. The molecule has 2 atom stereocenters. The average Bonchev–Trinajstić information content (AvgIpc) is 2.47. The topological polar surface area (TPSA) is 66.0 Å². The molecule has 1 aliphatic carbocycles. The van der Waals surface area contributed by atoms with Gasteiger partial charge < -0.3 is 9.47 Å².